The fraction of sp³-hybridized carbons (Fsp3) is 1.00. The van der Waals surface area contributed by atoms with Crippen LogP contribution in [0.5, 0.6) is 0 Å². The number of aliphatic hydroxyl groups excluding tert-OH is 1. The van der Waals surface area contributed by atoms with E-state index >= 15 is 0 Å². The van der Waals surface area contributed by atoms with E-state index in [1.54, 1.807) is 0 Å². The lowest BCUT2D eigenvalue weighted by molar-refractivity contribution is -0.0405. The summed E-state index contributed by atoms with van der Waals surface area (Å²) in [6.07, 6.45) is 2.05. The molecule has 2 aliphatic heterocycles. The maximum atomic E-state index is 8.91. The topological polar surface area (TPSA) is 41.9 Å². The molecule has 0 aromatic heterocycles. The Morgan fingerprint density at radius 1 is 1.50 bits per heavy atom. The molecule has 1 N–H and O–H groups in total. The second-order valence-electron chi connectivity index (χ2n) is 4.22. The van der Waals surface area contributed by atoms with Crippen LogP contribution in [0.25, 0.3) is 0 Å². The van der Waals surface area contributed by atoms with Crippen molar-refractivity contribution in [3.63, 3.8) is 0 Å². The van der Waals surface area contributed by atoms with Crippen molar-refractivity contribution in [3.05, 3.63) is 0 Å². The zero-order chi connectivity index (χ0) is 10.0. The highest BCUT2D eigenvalue weighted by molar-refractivity contribution is 5.00. The predicted molar refractivity (Wildman–Crippen MR) is 52.2 cm³/mol. The van der Waals surface area contributed by atoms with Crippen molar-refractivity contribution in [1.82, 2.24) is 4.90 Å². The summed E-state index contributed by atoms with van der Waals surface area (Å²) in [5.41, 5.74) is -0.0794. The van der Waals surface area contributed by atoms with Gasteiger partial charge >= 0.3 is 0 Å². The quantitative estimate of drug-likeness (QED) is 0.690. The molecule has 82 valence electrons. The number of ether oxygens (including phenoxy) is 2. The van der Waals surface area contributed by atoms with Crippen LogP contribution in [0.3, 0.4) is 0 Å². The van der Waals surface area contributed by atoms with Crippen molar-refractivity contribution in [2.24, 2.45) is 0 Å². The Kier molecular flexibility index (Phi) is 3.07. The molecular formula is C10H19NO3. The average Bonchev–Trinajstić information content (AvgIpc) is 2.78. The molecule has 0 aliphatic carbocycles. The molecule has 2 atom stereocenters. The number of hydrogen-bond acceptors (Lipinski definition) is 4. The third-order valence-electron chi connectivity index (χ3n) is 3.39. The molecule has 2 saturated heterocycles. The smallest absolute Gasteiger partial charge is 0.109 e. The minimum Gasteiger partial charge on any atom is -0.395 e. The van der Waals surface area contributed by atoms with Gasteiger partial charge in [0, 0.05) is 32.2 Å². The highest BCUT2D eigenvalue weighted by Crippen LogP contribution is 2.36. The van der Waals surface area contributed by atoms with Gasteiger partial charge in [-0.15, -0.1) is 0 Å². The van der Waals surface area contributed by atoms with Gasteiger partial charge in [0.15, 0.2) is 0 Å². The van der Waals surface area contributed by atoms with E-state index in [-0.39, 0.29) is 12.2 Å². The van der Waals surface area contributed by atoms with Crippen molar-refractivity contribution in [2.75, 3.05) is 40.0 Å². The molecule has 2 unspecified atom stereocenters. The molecule has 0 radical (unpaired) electrons. The minimum atomic E-state index is -0.0794. The van der Waals surface area contributed by atoms with Gasteiger partial charge in [-0.25, -0.2) is 0 Å². The SMILES string of the molecule is CN(CCO)C1CCOC12CCOC2. The highest BCUT2D eigenvalue weighted by atomic mass is 16.6. The summed E-state index contributed by atoms with van der Waals surface area (Å²) in [4.78, 5) is 2.20. The lowest BCUT2D eigenvalue weighted by Gasteiger charge is -2.34. The number of hydrogen-bond donors (Lipinski definition) is 1. The molecule has 0 saturated carbocycles. The van der Waals surface area contributed by atoms with Crippen LogP contribution in [0.15, 0.2) is 0 Å². The van der Waals surface area contributed by atoms with Gasteiger partial charge in [-0.2, -0.15) is 0 Å². The average molecular weight is 201 g/mol. The van der Waals surface area contributed by atoms with E-state index in [0.717, 1.165) is 32.6 Å². The molecule has 1 spiro atoms. The zero-order valence-electron chi connectivity index (χ0n) is 8.74. The van der Waals surface area contributed by atoms with Crippen LogP contribution in [0.2, 0.25) is 0 Å². The fourth-order valence-electron chi connectivity index (χ4n) is 2.61. The molecule has 2 aliphatic rings. The maximum absolute atomic E-state index is 8.91. The molecule has 2 fully saturated rings. The van der Waals surface area contributed by atoms with E-state index in [1.807, 2.05) is 0 Å². The minimum absolute atomic E-state index is 0.0794. The first-order chi connectivity index (χ1) is 6.78. The predicted octanol–water partition coefficient (Wildman–Crippen LogP) is -0.142. The molecule has 2 rings (SSSR count). The standard InChI is InChI=1S/C10H19NO3/c1-11(4-5-12)9-2-6-14-10(9)3-7-13-8-10/h9,12H,2-8H2,1H3. The molecule has 4 heteroatoms. The summed E-state index contributed by atoms with van der Waals surface area (Å²) in [5.74, 6) is 0. The summed E-state index contributed by atoms with van der Waals surface area (Å²) in [5, 5.41) is 8.91. The molecule has 14 heavy (non-hydrogen) atoms. The van der Waals surface area contributed by atoms with Gasteiger partial charge in [-0.3, -0.25) is 4.90 Å². The normalized spacial score (nSPS) is 37.5. The molecule has 0 aromatic carbocycles. The third kappa shape index (κ3) is 1.67. The molecule has 0 aromatic rings. The van der Waals surface area contributed by atoms with Crippen molar-refractivity contribution in [2.45, 2.75) is 24.5 Å². The Labute approximate surface area is 84.8 Å². The monoisotopic (exact) mass is 201 g/mol. The van der Waals surface area contributed by atoms with Gasteiger partial charge in [0.2, 0.25) is 0 Å². The fourth-order valence-corrected chi connectivity index (χ4v) is 2.61. The van der Waals surface area contributed by atoms with Crippen molar-refractivity contribution < 1.29 is 14.6 Å². The lowest BCUT2D eigenvalue weighted by atomic mass is 9.92. The number of aliphatic hydroxyl groups is 1. The van der Waals surface area contributed by atoms with E-state index in [4.69, 9.17) is 14.6 Å². The second-order valence-corrected chi connectivity index (χ2v) is 4.22. The zero-order valence-corrected chi connectivity index (χ0v) is 8.74. The molecule has 0 bridgehead atoms. The van der Waals surface area contributed by atoms with Crippen LogP contribution >= 0.6 is 0 Å². The van der Waals surface area contributed by atoms with Gasteiger partial charge in [0.05, 0.1) is 13.2 Å². The summed E-state index contributed by atoms with van der Waals surface area (Å²) < 4.78 is 11.3. The maximum Gasteiger partial charge on any atom is 0.109 e. The summed E-state index contributed by atoms with van der Waals surface area (Å²) in [6, 6.07) is 0.414. The third-order valence-corrected chi connectivity index (χ3v) is 3.39. The van der Waals surface area contributed by atoms with E-state index in [0.29, 0.717) is 12.6 Å². The van der Waals surface area contributed by atoms with Crippen LogP contribution in [0.4, 0.5) is 0 Å². The largest absolute Gasteiger partial charge is 0.395 e. The Balaban J connectivity index is 2.02. The van der Waals surface area contributed by atoms with Crippen LogP contribution < -0.4 is 0 Å². The Morgan fingerprint density at radius 3 is 3.00 bits per heavy atom. The molecule has 4 nitrogen and oxygen atoms in total. The van der Waals surface area contributed by atoms with Gasteiger partial charge in [0.1, 0.15) is 5.60 Å². The number of nitrogens with zero attached hydrogens (tertiary/aromatic N) is 1. The van der Waals surface area contributed by atoms with Gasteiger partial charge in [-0.1, -0.05) is 0 Å². The van der Waals surface area contributed by atoms with Gasteiger partial charge in [-0.05, 0) is 13.5 Å². The van der Waals surface area contributed by atoms with E-state index < -0.39 is 0 Å². The van der Waals surface area contributed by atoms with E-state index in [2.05, 4.69) is 11.9 Å². The Morgan fingerprint density at radius 2 is 2.36 bits per heavy atom. The Hall–Kier alpha value is -0.160. The van der Waals surface area contributed by atoms with E-state index in [1.165, 1.54) is 0 Å². The first-order valence-electron chi connectivity index (χ1n) is 5.31. The van der Waals surface area contributed by atoms with Crippen LogP contribution in [0.1, 0.15) is 12.8 Å². The highest BCUT2D eigenvalue weighted by Gasteiger charge is 2.48. The summed E-state index contributed by atoms with van der Waals surface area (Å²) in [6.45, 7) is 3.28. The second kappa shape index (κ2) is 4.14. The van der Waals surface area contributed by atoms with Crippen molar-refractivity contribution in [1.29, 1.82) is 0 Å². The van der Waals surface area contributed by atoms with Gasteiger partial charge in [0.25, 0.3) is 0 Å². The van der Waals surface area contributed by atoms with Crippen LogP contribution in [0, 0.1) is 0 Å². The van der Waals surface area contributed by atoms with Crippen LogP contribution in [-0.4, -0.2) is 61.7 Å². The van der Waals surface area contributed by atoms with Crippen molar-refractivity contribution in [3.8, 4) is 0 Å². The van der Waals surface area contributed by atoms with E-state index in [9.17, 15) is 0 Å². The molecule has 2 heterocycles. The van der Waals surface area contributed by atoms with Crippen LogP contribution in [-0.2, 0) is 9.47 Å². The molecular weight excluding hydrogens is 182 g/mol. The van der Waals surface area contributed by atoms with Crippen molar-refractivity contribution >= 4 is 0 Å². The van der Waals surface area contributed by atoms with Gasteiger partial charge < -0.3 is 14.6 Å². The molecule has 0 amide bonds. The number of rotatable bonds is 3. The summed E-state index contributed by atoms with van der Waals surface area (Å²) in [7, 11) is 2.05. The Bertz CT molecular complexity index is 186. The lowest BCUT2D eigenvalue weighted by Crippen LogP contribution is -2.49. The first kappa shape index (κ1) is 10.4. The number of likely N-dealkylation sites (N-methyl/N-ethyl adjacent to an activating group) is 1. The first-order valence-corrected chi connectivity index (χ1v) is 5.31. The summed E-state index contributed by atoms with van der Waals surface area (Å²) >= 11 is 0.